The Balaban J connectivity index is 1.70. The molecule has 1 aliphatic heterocycles. The number of nitrogens with one attached hydrogen (secondary N) is 2. The molecule has 2 aliphatic rings. The van der Waals surface area contributed by atoms with Crippen LogP contribution in [0.1, 0.15) is 32.1 Å². The third-order valence-corrected chi connectivity index (χ3v) is 5.73. The van der Waals surface area contributed by atoms with Gasteiger partial charge in [0.1, 0.15) is 4.90 Å². The van der Waals surface area contributed by atoms with Gasteiger partial charge < -0.3 is 5.32 Å². The molecule has 1 spiro atoms. The molecule has 2 fully saturated rings. The van der Waals surface area contributed by atoms with Gasteiger partial charge in [-0.05, 0) is 38.6 Å². The van der Waals surface area contributed by atoms with Crippen molar-refractivity contribution in [1.29, 1.82) is 0 Å². The van der Waals surface area contributed by atoms with Crippen molar-refractivity contribution in [3.8, 4) is 0 Å². The molecule has 1 aromatic rings. The molecule has 3 rings (SSSR count). The van der Waals surface area contributed by atoms with Crippen molar-refractivity contribution >= 4 is 10.0 Å². The summed E-state index contributed by atoms with van der Waals surface area (Å²) in [6.45, 7) is 0.889. The second kappa shape index (κ2) is 4.57. The van der Waals surface area contributed by atoms with Crippen molar-refractivity contribution < 1.29 is 8.42 Å². The van der Waals surface area contributed by atoms with Gasteiger partial charge >= 0.3 is 0 Å². The summed E-state index contributed by atoms with van der Waals surface area (Å²) in [5, 5.41) is 7.46. The molecule has 1 aliphatic carbocycles. The molecule has 19 heavy (non-hydrogen) atoms. The number of hydrogen-bond acceptors (Lipinski definition) is 4. The van der Waals surface area contributed by atoms with Crippen LogP contribution < -0.4 is 10.0 Å². The number of nitrogens with zero attached hydrogens (tertiary/aromatic N) is 2. The molecular weight excluding hydrogens is 264 g/mol. The number of aryl methyl sites for hydroxylation is 1. The van der Waals surface area contributed by atoms with Crippen molar-refractivity contribution in [3.63, 3.8) is 0 Å². The Morgan fingerprint density at radius 1 is 1.53 bits per heavy atom. The maximum atomic E-state index is 12.2. The predicted octanol–water partition coefficient (Wildman–Crippen LogP) is 0.373. The largest absolute Gasteiger partial charge is 0.311 e. The molecule has 0 amide bonds. The Morgan fingerprint density at radius 2 is 2.32 bits per heavy atom. The summed E-state index contributed by atoms with van der Waals surface area (Å²) in [7, 11) is -1.72. The molecule has 7 heteroatoms. The average molecular weight is 284 g/mol. The lowest BCUT2D eigenvalue weighted by Gasteiger charge is -2.48. The van der Waals surface area contributed by atoms with Gasteiger partial charge in [0.05, 0.1) is 6.20 Å². The minimum absolute atomic E-state index is 0.0340. The van der Waals surface area contributed by atoms with Crippen LogP contribution in [-0.4, -0.2) is 36.3 Å². The number of hydrogen-bond donors (Lipinski definition) is 2. The third-order valence-electron chi connectivity index (χ3n) is 4.25. The van der Waals surface area contributed by atoms with E-state index in [4.69, 9.17) is 0 Å². The highest BCUT2D eigenvalue weighted by Crippen LogP contribution is 2.38. The number of piperidine rings is 1. The van der Waals surface area contributed by atoms with E-state index >= 15 is 0 Å². The van der Waals surface area contributed by atoms with Gasteiger partial charge in [0.25, 0.3) is 0 Å². The lowest BCUT2D eigenvalue weighted by atomic mass is 9.70. The van der Waals surface area contributed by atoms with Crippen molar-refractivity contribution in [3.05, 3.63) is 12.4 Å². The van der Waals surface area contributed by atoms with Crippen LogP contribution in [0.3, 0.4) is 0 Å². The van der Waals surface area contributed by atoms with E-state index in [1.165, 1.54) is 23.5 Å². The van der Waals surface area contributed by atoms with Gasteiger partial charge in [-0.15, -0.1) is 0 Å². The first-order valence-electron chi connectivity index (χ1n) is 6.75. The van der Waals surface area contributed by atoms with Crippen LogP contribution in [0.4, 0.5) is 0 Å². The first kappa shape index (κ1) is 13.1. The van der Waals surface area contributed by atoms with Gasteiger partial charge in [-0.1, -0.05) is 0 Å². The molecule has 106 valence electrons. The molecule has 1 unspecified atom stereocenters. The quantitative estimate of drug-likeness (QED) is 0.841. The van der Waals surface area contributed by atoms with E-state index < -0.39 is 10.0 Å². The molecule has 1 atom stereocenters. The van der Waals surface area contributed by atoms with Crippen LogP contribution in [0.25, 0.3) is 0 Å². The van der Waals surface area contributed by atoms with E-state index in [9.17, 15) is 8.42 Å². The Bertz CT molecular complexity index is 562. The topological polar surface area (TPSA) is 76.0 Å². The van der Waals surface area contributed by atoms with Crippen LogP contribution in [0, 0.1) is 0 Å². The maximum Gasteiger partial charge on any atom is 0.243 e. The Labute approximate surface area is 113 Å². The normalized spacial score (nSPS) is 26.3. The Morgan fingerprint density at radius 3 is 2.89 bits per heavy atom. The number of aromatic nitrogens is 2. The van der Waals surface area contributed by atoms with Gasteiger partial charge in [0, 0.05) is 24.8 Å². The minimum Gasteiger partial charge on any atom is -0.311 e. The lowest BCUT2D eigenvalue weighted by molar-refractivity contribution is 0.126. The zero-order valence-electron chi connectivity index (χ0n) is 11.1. The summed E-state index contributed by atoms with van der Waals surface area (Å²) >= 11 is 0. The zero-order chi connectivity index (χ0) is 13.5. The van der Waals surface area contributed by atoms with Gasteiger partial charge in [-0.3, -0.25) is 4.68 Å². The highest BCUT2D eigenvalue weighted by Gasteiger charge is 2.41. The third kappa shape index (κ3) is 2.54. The summed E-state index contributed by atoms with van der Waals surface area (Å²) in [5.41, 5.74) is 0.195. The Hall–Kier alpha value is -0.920. The summed E-state index contributed by atoms with van der Waals surface area (Å²) < 4.78 is 28.8. The zero-order valence-corrected chi connectivity index (χ0v) is 11.9. The van der Waals surface area contributed by atoms with E-state index in [0.29, 0.717) is 0 Å². The fourth-order valence-electron chi connectivity index (χ4n) is 3.07. The van der Waals surface area contributed by atoms with Gasteiger partial charge in [0.15, 0.2) is 0 Å². The van der Waals surface area contributed by atoms with E-state index in [2.05, 4.69) is 15.1 Å². The van der Waals surface area contributed by atoms with Crippen LogP contribution in [0.15, 0.2) is 17.3 Å². The second-order valence-corrected chi connectivity index (χ2v) is 7.44. The smallest absolute Gasteiger partial charge is 0.243 e. The maximum absolute atomic E-state index is 12.2. The summed E-state index contributed by atoms with van der Waals surface area (Å²) in [4.78, 5) is 0.246. The van der Waals surface area contributed by atoms with Gasteiger partial charge in [-0.2, -0.15) is 5.10 Å². The lowest BCUT2D eigenvalue weighted by Crippen LogP contribution is -2.59. The van der Waals surface area contributed by atoms with Crippen molar-refractivity contribution in [2.75, 3.05) is 6.54 Å². The highest BCUT2D eigenvalue weighted by molar-refractivity contribution is 7.89. The Kier molecular flexibility index (Phi) is 3.15. The molecule has 2 heterocycles. The predicted molar refractivity (Wildman–Crippen MR) is 71.1 cm³/mol. The van der Waals surface area contributed by atoms with E-state index in [1.54, 1.807) is 7.05 Å². The van der Waals surface area contributed by atoms with E-state index in [0.717, 1.165) is 32.2 Å². The van der Waals surface area contributed by atoms with Crippen LogP contribution in [0.2, 0.25) is 0 Å². The molecule has 1 aromatic heterocycles. The summed E-state index contributed by atoms with van der Waals surface area (Å²) in [6.07, 6.45) is 8.24. The fourth-order valence-corrected chi connectivity index (χ4v) is 4.32. The first-order valence-corrected chi connectivity index (χ1v) is 8.24. The summed E-state index contributed by atoms with van der Waals surface area (Å²) in [5.74, 6) is 0. The van der Waals surface area contributed by atoms with Crippen molar-refractivity contribution in [1.82, 2.24) is 19.8 Å². The van der Waals surface area contributed by atoms with E-state index in [1.807, 2.05) is 0 Å². The van der Waals surface area contributed by atoms with E-state index in [-0.39, 0.29) is 16.5 Å². The molecular formula is C12H20N4O2S. The first-order chi connectivity index (χ1) is 8.99. The van der Waals surface area contributed by atoms with Crippen molar-refractivity contribution in [2.24, 2.45) is 7.05 Å². The molecule has 6 nitrogen and oxygen atoms in total. The molecule has 0 bridgehead atoms. The fraction of sp³-hybridized carbons (Fsp3) is 0.750. The van der Waals surface area contributed by atoms with Crippen LogP contribution in [-0.2, 0) is 17.1 Å². The highest BCUT2D eigenvalue weighted by atomic mass is 32.2. The van der Waals surface area contributed by atoms with Crippen LogP contribution in [0.5, 0.6) is 0 Å². The van der Waals surface area contributed by atoms with Gasteiger partial charge in [0.2, 0.25) is 10.0 Å². The molecule has 0 aromatic carbocycles. The second-order valence-electron chi connectivity index (χ2n) is 5.72. The molecule has 1 saturated carbocycles. The SMILES string of the molecule is Cn1cc(S(=O)(=O)NC2CCNC3(CCC3)C2)cn1. The molecule has 0 radical (unpaired) electrons. The molecule has 1 saturated heterocycles. The van der Waals surface area contributed by atoms with Crippen LogP contribution >= 0.6 is 0 Å². The number of sulfonamides is 1. The molecule has 2 N–H and O–H groups in total. The monoisotopic (exact) mass is 284 g/mol. The minimum atomic E-state index is -3.43. The van der Waals surface area contributed by atoms with Gasteiger partial charge in [-0.25, -0.2) is 13.1 Å². The number of rotatable bonds is 3. The average Bonchev–Trinajstić information content (AvgIpc) is 2.74. The standard InChI is InChI=1S/C12H20N4O2S/c1-16-9-11(8-14-16)19(17,18)15-10-3-6-13-12(7-10)4-2-5-12/h8-10,13,15H,2-7H2,1H3. The van der Waals surface area contributed by atoms with Crippen molar-refractivity contribution in [2.45, 2.75) is 48.6 Å². The summed E-state index contributed by atoms with van der Waals surface area (Å²) in [6, 6.07) is 0.0340.